The number of H-pyrrole nitrogens is 1. The standard InChI is InChI=1S/C25H24ClN5O4/c1-15-19(13-17-12-18(26)8-9-20(17)28-15)24(33)30(10-11-35-2)21-22(27)31(25(34)29-23(21)32)14-16-6-4-3-5-7-16/h3-9,12-13H,10-11,14,27H2,1-2H3,(H,29,32,34). The number of fused-ring (bicyclic) bond motifs is 1. The molecule has 0 unspecified atom stereocenters. The van der Waals surface area contributed by atoms with Gasteiger partial charge < -0.3 is 10.5 Å². The van der Waals surface area contributed by atoms with Gasteiger partial charge in [0.1, 0.15) is 5.82 Å². The maximum absolute atomic E-state index is 13.8. The van der Waals surface area contributed by atoms with E-state index in [1.807, 2.05) is 30.3 Å². The van der Waals surface area contributed by atoms with Gasteiger partial charge in [-0.2, -0.15) is 0 Å². The van der Waals surface area contributed by atoms with Crippen molar-refractivity contribution in [3.63, 3.8) is 0 Å². The summed E-state index contributed by atoms with van der Waals surface area (Å²) in [5.41, 5.74) is 7.01. The number of rotatable bonds is 7. The number of nitrogen functional groups attached to an aromatic ring is 1. The van der Waals surface area contributed by atoms with E-state index >= 15 is 0 Å². The van der Waals surface area contributed by atoms with E-state index in [1.54, 1.807) is 31.2 Å². The Morgan fingerprint density at radius 3 is 2.63 bits per heavy atom. The molecule has 0 aliphatic carbocycles. The highest BCUT2D eigenvalue weighted by Crippen LogP contribution is 2.25. The van der Waals surface area contributed by atoms with E-state index in [1.165, 1.54) is 16.6 Å². The normalized spacial score (nSPS) is 11.1. The number of benzene rings is 2. The number of carbonyl (C=O) groups excluding carboxylic acids is 1. The number of pyridine rings is 1. The number of nitrogens with two attached hydrogens (primary N) is 1. The maximum Gasteiger partial charge on any atom is 0.330 e. The van der Waals surface area contributed by atoms with E-state index < -0.39 is 17.2 Å². The molecule has 2 heterocycles. The Morgan fingerprint density at radius 2 is 1.91 bits per heavy atom. The van der Waals surface area contributed by atoms with Crippen LogP contribution in [0.4, 0.5) is 11.5 Å². The Kier molecular flexibility index (Phi) is 6.99. The van der Waals surface area contributed by atoms with E-state index in [9.17, 15) is 14.4 Å². The zero-order chi connectivity index (χ0) is 25.1. The van der Waals surface area contributed by atoms with Crippen molar-refractivity contribution >= 4 is 39.9 Å². The Morgan fingerprint density at radius 1 is 1.17 bits per heavy atom. The minimum absolute atomic E-state index is 0.0270. The van der Waals surface area contributed by atoms with E-state index in [0.717, 1.165) is 5.56 Å². The summed E-state index contributed by atoms with van der Waals surface area (Å²) in [4.78, 5) is 47.3. The molecule has 4 aromatic rings. The van der Waals surface area contributed by atoms with Gasteiger partial charge in [0, 0.05) is 24.1 Å². The second kappa shape index (κ2) is 10.1. The fraction of sp³-hybridized carbons (Fsp3) is 0.200. The third-order valence-corrected chi connectivity index (χ3v) is 5.86. The summed E-state index contributed by atoms with van der Waals surface area (Å²) >= 11 is 6.12. The van der Waals surface area contributed by atoms with E-state index in [4.69, 9.17) is 22.1 Å². The summed E-state index contributed by atoms with van der Waals surface area (Å²) in [6.07, 6.45) is 0. The largest absolute Gasteiger partial charge is 0.383 e. The van der Waals surface area contributed by atoms with E-state index in [0.29, 0.717) is 21.6 Å². The summed E-state index contributed by atoms with van der Waals surface area (Å²) in [7, 11) is 1.48. The number of hydrogen-bond donors (Lipinski definition) is 2. The number of carbonyl (C=O) groups is 1. The quantitative estimate of drug-likeness (QED) is 0.408. The zero-order valence-corrected chi connectivity index (χ0v) is 20.0. The highest BCUT2D eigenvalue weighted by Gasteiger charge is 2.27. The minimum atomic E-state index is -0.768. The topological polar surface area (TPSA) is 123 Å². The highest BCUT2D eigenvalue weighted by atomic mass is 35.5. The smallest absolute Gasteiger partial charge is 0.330 e. The molecule has 0 aliphatic rings. The number of halogens is 1. The van der Waals surface area contributed by atoms with Crippen molar-refractivity contribution in [2.45, 2.75) is 13.5 Å². The number of ether oxygens (including phenoxy) is 1. The van der Waals surface area contributed by atoms with Crippen LogP contribution in [-0.2, 0) is 11.3 Å². The molecule has 0 radical (unpaired) electrons. The molecule has 35 heavy (non-hydrogen) atoms. The molecular formula is C25H24ClN5O4. The molecule has 0 aliphatic heterocycles. The van der Waals surface area contributed by atoms with Gasteiger partial charge in [0.15, 0.2) is 5.69 Å². The predicted molar refractivity (Wildman–Crippen MR) is 136 cm³/mol. The lowest BCUT2D eigenvalue weighted by molar-refractivity contribution is 0.0974. The van der Waals surface area contributed by atoms with Gasteiger partial charge in [-0.05, 0) is 36.8 Å². The molecule has 0 fully saturated rings. The molecular weight excluding hydrogens is 470 g/mol. The summed E-state index contributed by atoms with van der Waals surface area (Å²) in [6, 6.07) is 16.1. The van der Waals surface area contributed by atoms with Crippen LogP contribution in [0.1, 0.15) is 21.6 Å². The summed E-state index contributed by atoms with van der Waals surface area (Å²) in [5.74, 6) is -0.627. The number of anilines is 2. The predicted octanol–water partition coefficient (Wildman–Crippen LogP) is 2.97. The number of nitrogens with zero attached hydrogens (tertiary/aromatic N) is 3. The molecule has 2 aromatic carbocycles. The van der Waals surface area contributed by atoms with Gasteiger partial charge in [-0.1, -0.05) is 41.9 Å². The van der Waals surface area contributed by atoms with Gasteiger partial charge in [0.05, 0.1) is 29.9 Å². The van der Waals surface area contributed by atoms with Crippen LogP contribution in [0.3, 0.4) is 0 Å². The van der Waals surface area contributed by atoms with Crippen molar-refractivity contribution in [2.75, 3.05) is 30.9 Å². The van der Waals surface area contributed by atoms with Crippen LogP contribution in [0.25, 0.3) is 10.9 Å². The van der Waals surface area contributed by atoms with Gasteiger partial charge in [-0.15, -0.1) is 0 Å². The van der Waals surface area contributed by atoms with Crippen molar-refractivity contribution < 1.29 is 9.53 Å². The molecule has 9 nitrogen and oxygen atoms in total. The van der Waals surface area contributed by atoms with Crippen molar-refractivity contribution in [2.24, 2.45) is 0 Å². The lowest BCUT2D eigenvalue weighted by Crippen LogP contribution is -2.43. The van der Waals surface area contributed by atoms with Crippen LogP contribution in [0, 0.1) is 6.92 Å². The first-order valence-electron chi connectivity index (χ1n) is 10.8. The van der Waals surface area contributed by atoms with Crippen LogP contribution in [0.5, 0.6) is 0 Å². The number of nitrogens with one attached hydrogen (secondary N) is 1. The van der Waals surface area contributed by atoms with E-state index in [-0.39, 0.29) is 36.8 Å². The van der Waals surface area contributed by atoms with Crippen molar-refractivity contribution in [1.29, 1.82) is 0 Å². The van der Waals surface area contributed by atoms with Crippen LogP contribution in [0.15, 0.2) is 64.2 Å². The summed E-state index contributed by atoms with van der Waals surface area (Å²) in [6.45, 7) is 1.99. The SMILES string of the molecule is COCCN(C(=O)c1cc2cc(Cl)ccc2nc1C)c1c(N)n(Cc2ccccc2)c(=O)[nH]c1=O. The lowest BCUT2D eigenvalue weighted by atomic mass is 10.1. The summed E-state index contributed by atoms with van der Waals surface area (Å²) < 4.78 is 6.40. The molecule has 0 bridgehead atoms. The molecule has 1 amide bonds. The number of amides is 1. The van der Waals surface area contributed by atoms with E-state index in [2.05, 4.69) is 9.97 Å². The fourth-order valence-corrected chi connectivity index (χ4v) is 4.04. The number of aromatic nitrogens is 3. The minimum Gasteiger partial charge on any atom is -0.383 e. The molecule has 180 valence electrons. The van der Waals surface area contributed by atoms with Crippen LogP contribution in [0.2, 0.25) is 5.02 Å². The van der Waals surface area contributed by atoms with Gasteiger partial charge >= 0.3 is 5.69 Å². The Labute approximate surface area is 205 Å². The Bertz CT molecular complexity index is 1510. The Balaban J connectivity index is 1.84. The van der Waals surface area contributed by atoms with Crippen molar-refractivity contribution in [3.05, 3.63) is 97.3 Å². The zero-order valence-electron chi connectivity index (χ0n) is 19.2. The molecule has 3 N–H and O–H groups in total. The molecule has 4 rings (SSSR count). The summed E-state index contributed by atoms with van der Waals surface area (Å²) in [5, 5.41) is 1.18. The van der Waals surface area contributed by atoms with Gasteiger partial charge in [0.2, 0.25) is 0 Å². The third kappa shape index (κ3) is 4.96. The van der Waals surface area contributed by atoms with Crippen LogP contribution in [-0.4, -0.2) is 40.7 Å². The number of aryl methyl sites for hydroxylation is 1. The van der Waals surface area contributed by atoms with Crippen LogP contribution < -0.4 is 21.9 Å². The number of hydrogen-bond acceptors (Lipinski definition) is 6. The van der Waals surface area contributed by atoms with Gasteiger partial charge in [-0.3, -0.25) is 29.0 Å². The lowest BCUT2D eigenvalue weighted by Gasteiger charge is -2.25. The van der Waals surface area contributed by atoms with Crippen molar-refractivity contribution in [3.8, 4) is 0 Å². The molecule has 0 spiro atoms. The first-order valence-corrected chi connectivity index (χ1v) is 11.2. The average Bonchev–Trinajstić information content (AvgIpc) is 2.83. The molecule has 0 saturated carbocycles. The monoisotopic (exact) mass is 493 g/mol. The molecule has 0 saturated heterocycles. The number of methoxy groups -OCH3 is 1. The molecule has 2 aromatic heterocycles. The second-order valence-corrected chi connectivity index (χ2v) is 8.41. The third-order valence-electron chi connectivity index (χ3n) is 5.63. The van der Waals surface area contributed by atoms with Crippen molar-refractivity contribution in [1.82, 2.24) is 14.5 Å². The van der Waals surface area contributed by atoms with Gasteiger partial charge in [0.25, 0.3) is 11.5 Å². The first kappa shape index (κ1) is 24.2. The van der Waals surface area contributed by atoms with Crippen LogP contribution >= 0.6 is 11.6 Å². The first-order chi connectivity index (χ1) is 16.8. The second-order valence-electron chi connectivity index (χ2n) is 7.97. The number of aromatic amines is 1. The maximum atomic E-state index is 13.8. The fourth-order valence-electron chi connectivity index (χ4n) is 3.86. The molecule has 10 heteroatoms. The van der Waals surface area contributed by atoms with Gasteiger partial charge in [-0.25, -0.2) is 4.79 Å². The highest BCUT2D eigenvalue weighted by molar-refractivity contribution is 6.31. The molecule has 0 atom stereocenters. The Hall–Kier alpha value is -3.95. The average molecular weight is 494 g/mol.